The molecule has 2 N–H and O–H groups in total. The van der Waals surface area contributed by atoms with Crippen LogP contribution in [-0.4, -0.2) is 18.4 Å². The first kappa shape index (κ1) is 18.3. The molecule has 0 aliphatic heterocycles. The Morgan fingerprint density at radius 3 is 2.32 bits per heavy atom. The minimum Gasteiger partial charge on any atom is -0.481 e. The van der Waals surface area contributed by atoms with Gasteiger partial charge in [-0.1, -0.05) is 34.8 Å². The van der Waals surface area contributed by atoms with E-state index in [1.807, 2.05) is 0 Å². The second-order valence-electron chi connectivity index (χ2n) is 3.33. The molecule has 0 unspecified atom stereocenters. The largest absolute Gasteiger partial charge is 0.481 e. The maximum absolute atomic E-state index is 11.6. The third-order valence-electron chi connectivity index (χ3n) is 1.91. The summed E-state index contributed by atoms with van der Waals surface area (Å²) in [7, 11) is 0. The highest BCUT2D eigenvalue weighted by Crippen LogP contribution is 2.33. The molecular weight excluding hydrogens is 334 g/mol. The van der Waals surface area contributed by atoms with Gasteiger partial charge in [0.1, 0.15) is 6.42 Å². The maximum atomic E-state index is 11.6. The van der Waals surface area contributed by atoms with Crippen LogP contribution in [0.4, 0.5) is 5.69 Å². The van der Waals surface area contributed by atoms with Crippen LogP contribution in [0.15, 0.2) is 12.1 Å². The first-order valence-corrected chi connectivity index (χ1v) is 6.22. The third kappa shape index (κ3) is 5.87. The van der Waals surface area contributed by atoms with E-state index in [9.17, 15) is 4.79 Å². The quantitative estimate of drug-likeness (QED) is 0.627. The van der Waals surface area contributed by atoms with E-state index in [-0.39, 0.29) is 40.5 Å². The van der Waals surface area contributed by atoms with Gasteiger partial charge in [0.05, 0.1) is 22.3 Å². The van der Waals surface area contributed by atoms with Crippen molar-refractivity contribution >= 4 is 64.7 Å². The molecule has 0 radical (unpaired) electrons. The van der Waals surface area contributed by atoms with E-state index < -0.39 is 5.91 Å². The van der Waals surface area contributed by atoms with Gasteiger partial charge in [-0.2, -0.15) is 0 Å². The van der Waals surface area contributed by atoms with Crippen molar-refractivity contribution in [1.29, 1.82) is 5.41 Å². The molecule has 0 aliphatic carbocycles. The van der Waals surface area contributed by atoms with Crippen molar-refractivity contribution in [3.05, 3.63) is 27.2 Å². The summed E-state index contributed by atoms with van der Waals surface area (Å²) in [6.45, 7) is 2.08. The number of amides is 1. The van der Waals surface area contributed by atoms with Gasteiger partial charge in [-0.15, -0.1) is 12.4 Å². The van der Waals surface area contributed by atoms with E-state index in [4.69, 9.17) is 44.9 Å². The zero-order chi connectivity index (χ0) is 13.7. The van der Waals surface area contributed by atoms with Crippen LogP contribution in [-0.2, 0) is 9.53 Å². The normalized spacial score (nSPS) is 9.47. The lowest BCUT2D eigenvalue weighted by Crippen LogP contribution is -2.18. The van der Waals surface area contributed by atoms with E-state index >= 15 is 0 Å². The lowest BCUT2D eigenvalue weighted by atomic mass is 10.3. The Morgan fingerprint density at radius 1 is 1.32 bits per heavy atom. The van der Waals surface area contributed by atoms with Gasteiger partial charge in [-0.05, 0) is 19.1 Å². The van der Waals surface area contributed by atoms with Crippen molar-refractivity contribution in [1.82, 2.24) is 0 Å². The van der Waals surface area contributed by atoms with E-state index in [0.29, 0.717) is 11.6 Å². The summed E-state index contributed by atoms with van der Waals surface area (Å²) in [5.74, 6) is -0.546. The molecule has 1 rings (SSSR count). The van der Waals surface area contributed by atoms with E-state index in [1.165, 1.54) is 12.1 Å². The molecular formula is C11H12Cl4N2O2. The third-order valence-corrected chi connectivity index (χ3v) is 2.73. The number of ether oxygens (including phenoxy) is 1. The number of hydrogen-bond donors (Lipinski definition) is 2. The zero-order valence-corrected chi connectivity index (χ0v) is 13.0. The van der Waals surface area contributed by atoms with Crippen LogP contribution < -0.4 is 5.32 Å². The van der Waals surface area contributed by atoms with Crippen molar-refractivity contribution in [3.8, 4) is 0 Å². The smallest absolute Gasteiger partial charge is 0.233 e. The van der Waals surface area contributed by atoms with Gasteiger partial charge in [-0.3, -0.25) is 10.2 Å². The fraction of sp³-hybridized carbons (Fsp3) is 0.273. The average molecular weight is 346 g/mol. The van der Waals surface area contributed by atoms with Gasteiger partial charge in [0.25, 0.3) is 0 Å². The molecule has 0 heterocycles. The molecule has 0 spiro atoms. The SMILES string of the molecule is CCOC(=N)CC(=O)Nc1c(Cl)cc(Cl)cc1Cl.Cl. The fourth-order valence-electron chi connectivity index (χ4n) is 1.22. The Balaban J connectivity index is 0.00000324. The molecule has 0 saturated carbocycles. The lowest BCUT2D eigenvalue weighted by molar-refractivity contribution is -0.115. The number of halogens is 4. The van der Waals surface area contributed by atoms with E-state index in [2.05, 4.69) is 5.32 Å². The molecule has 1 aromatic carbocycles. The van der Waals surface area contributed by atoms with Crippen molar-refractivity contribution in [2.45, 2.75) is 13.3 Å². The monoisotopic (exact) mass is 344 g/mol. The Bertz CT molecular complexity index is 457. The van der Waals surface area contributed by atoms with Crippen molar-refractivity contribution in [2.24, 2.45) is 0 Å². The van der Waals surface area contributed by atoms with Gasteiger partial charge in [0, 0.05) is 5.02 Å². The summed E-state index contributed by atoms with van der Waals surface area (Å²) in [5, 5.41) is 10.7. The second-order valence-corrected chi connectivity index (χ2v) is 4.58. The van der Waals surface area contributed by atoms with Crippen LogP contribution in [0.2, 0.25) is 15.1 Å². The Kier molecular flexibility index (Phi) is 8.18. The lowest BCUT2D eigenvalue weighted by Gasteiger charge is -2.10. The van der Waals surface area contributed by atoms with E-state index in [0.717, 1.165) is 0 Å². The predicted molar refractivity (Wildman–Crippen MR) is 81.3 cm³/mol. The second kappa shape index (κ2) is 8.48. The summed E-state index contributed by atoms with van der Waals surface area (Å²) >= 11 is 17.6. The van der Waals surface area contributed by atoms with Crippen molar-refractivity contribution in [2.75, 3.05) is 11.9 Å². The zero-order valence-electron chi connectivity index (χ0n) is 9.93. The number of hydrogen-bond acceptors (Lipinski definition) is 3. The molecule has 0 aliphatic rings. The maximum Gasteiger partial charge on any atom is 0.233 e. The summed E-state index contributed by atoms with van der Waals surface area (Å²) in [6.07, 6.45) is -0.177. The van der Waals surface area contributed by atoms with Crippen LogP contribution in [0.1, 0.15) is 13.3 Å². The molecule has 1 amide bonds. The molecule has 0 atom stereocenters. The van der Waals surface area contributed by atoms with Crippen molar-refractivity contribution < 1.29 is 9.53 Å². The number of nitrogens with one attached hydrogen (secondary N) is 2. The molecule has 0 bridgehead atoms. The molecule has 19 heavy (non-hydrogen) atoms. The standard InChI is InChI=1S/C11H11Cl3N2O2.ClH/c1-2-18-9(15)5-10(17)16-11-7(13)3-6(12)4-8(11)14;/h3-4,15H,2,5H2,1H3,(H,16,17);1H. The first-order valence-electron chi connectivity index (χ1n) is 5.08. The van der Waals surface area contributed by atoms with Gasteiger partial charge < -0.3 is 10.1 Å². The molecule has 106 valence electrons. The van der Waals surface area contributed by atoms with Gasteiger partial charge in [0.2, 0.25) is 5.91 Å². The number of carbonyl (C=O) groups excluding carboxylic acids is 1. The van der Waals surface area contributed by atoms with Gasteiger partial charge >= 0.3 is 0 Å². The molecule has 8 heteroatoms. The Hall–Kier alpha value is -0.680. The molecule has 0 aromatic heterocycles. The summed E-state index contributed by atoms with van der Waals surface area (Å²) in [5.41, 5.74) is 0.275. The van der Waals surface area contributed by atoms with Gasteiger partial charge in [0.15, 0.2) is 5.90 Å². The van der Waals surface area contributed by atoms with Gasteiger partial charge in [-0.25, -0.2) is 0 Å². The number of anilines is 1. The van der Waals surface area contributed by atoms with Crippen LogP contribution in [0.25, 0.3) is 0 Å². The highest BCUT2D eigenvalue weighted by molar-refractivity contribution is 6.42. The molecule has 0 saturated heterocycles. The Morgan fingerprint density at radius 2 is 1.84 bits per heavy atom. The summed E-state index contributed by atoms with van der Waals surface area (Å²) < 4.78 is 4.87. The summed E-state index contributed by atoms with van der Waals surface area (Å²) in [6, 6.07) is 2.94. The van der Waals surface area contributed by atoms with Crippen LogP contribution in [0, 0.1) is 5.41 Å². The predicted octanol–water partition coefficient (Wildman–Crippen LogP) is 4.41. The van der Waals surface area contributed by atoms with Crippen LogP contribution in [0.5, 0.6) is 0 Å². The highest BCUT2D eigenvalue weighted by Gasteiger charge is 2.13. The minimum absolute atomic E-state index is 0. The number of rotatable bonds is 4. The van der Waals surface area contributed by atoms with E-state index in [1.54, 1.807) is 6.92 Å². The average Bonchev–Trinajstić information content (AvgIpc) is 2.23. The molecule has 4 nitrogen and oxygen atoms in total. The molecule has 1 aromatic rings. The first-order chi connectivity index (χ1) is 8.43. The van der Waals surface area contributed by atoms with Crippen molar-refractivity contribution in [3.63, 3.8) is 0 Å². The minimum atomic E-state index is -0.431. The number of carbonyl (C=O) groups is 1. The fourth-order valence-corrected chi connectivity index (χ4v) is 2.13. The Labute approximate surface area is 132 Å². The summed E-state index contributed by atoms with van der Waals surface area (Å²) in [4.78, 5) is 11.6. The number of benzene rings is 1. The molecule has 0 fully saturated rings. The highest BCUT2D eigenvalue weighted by atomic mass is 35.5. The topological polar surface area (TPSA) is 62.2 Å². The van der Waals surface area contributed by atoms with Crippen LogP contribution in [0.3, 0.4) is 0 Å². The van der Waals surface area contributed by atoms with Crippen LogP contribution >= 0.6 is 47.2 Å².